The van der Waals surface area contributed by atoms with Crippen molar-refractivity contribution >= 4 is 5.91 Å². The van der Waals surface area contributed by atoms with Crippen molar-refractivity contribution in [1.82, 2.24) is 0 Å². The SMILES string of the molecule is CCCC/C(C)=C/C(=O)N=O. The fraction of sp³-hybridized carbons (Fsp3) is 0.625. The molecule has 0 N–H and O–H groups in total. The average Bonchev–Trinajstić information content (AvgIpc) is 2.00. The average molecular weight is 155 g/mol. The lowest BCUT2D eigenvalue weighted by Gasteiger charge is -1.95. The molecular weight excluding hydrogens is 142 g/mol. The number of carbonyl (C=O) groups excluding carboxylic acids is 1. The molecule has 0 aliphatic carbocycles. The Morgan fingerprint density at radius 3 is 2.64 bits per heavy atom. The molecule has 0 radical (unpaired) electrons. The van der Waals surface area contributed by atoms with Crippen LogP contribution in [-0.2, 0) is 4.79 Å². The molecule has 0 saturated carbocycles. The molecule has 0 aromatic rings. The number of rotatable bonds is 4. The molecule has 0 unspecified atom stereocenters. The lowest BCUT2D eigenvalue weighted by molar-refractivity contribution is -0.113. The predicted molar refractivity (Wildman–Crippen MR) is 44.1 cm³/mol. The maximum atomic E-state index is 10.4. The molecule has 0 atom stereocenters. The fourth-order valence-corrected chi connectivity index (χ4v) is 0.765. The molecule has 0 aromatic carbocycles. The van der Waals surface area contributed by atoms with Gasteiger partial charge in [-0.15, -0.1) is 4.91 Å². The second-order valence-electron chi connectivity index (χ2n) is 2.52. The van der Waals surface area contributed by atoms with E-state index in [1.54, 1.807) is 0 Å². The number of allylic oxidation sites excluding steroid dienone is 1. The zero-order valence-corrected chi connectivity index (χ0v) is 6.96. The van der Waals surface area contributed by atoms with Gasteiger partial charge in [-0.1, -0.05) is 18.9 Å². The zero-order valence-electron chi connectivity index (χ0n) is 6.96. The van der Waals surface area contributed by atoms with Crippen LogP contribution in [0.3, 0.4) is 0 Å². The standard InChI is InChI=1S/C8H13NO2/c1-3-4-5-7(2)6-8(10)9-11/h6H,3-5H2,1-2H3/b7-6+. The number of nitrogens with zero attached hydrogens (tertiary/aromatic N) is 1. The van der Waals surface area contributed by atoms with E-state index in [-0.39, 0.29) is 0 Å². The van der Waals surface area contributed by atoms with Gasteiger partial charge in [0, 0.05) is 11.3 Å². The Morgan fingerprint density at radius 1 is 1.55 bits per heavy atom. The Kier molecular flexibility index (Phi) is 5.25. The van der Waals surface area contributed by atoms with E-state index in [9.17, 15) is 9.70 Å². The maximum Gasteiger partial charge on any atom is 0.309 e. The highest BCUT2D eigenvalue weighted by Crippen LogP contribution is 2.05. The van der Waals surface area contributed by atoms with Crippen molar-refractivity contribution in [3.63, 3.8) is 0 Å². The number of amides is 1. The molecule has 0 aromatic heterocycles. The second kappa shape index (κ2) is 5.77. The Balaban J connectivity index is 3.79. The van der Waals surface area contributed by atoms with Crippen molar-refractivity contribution in [3.05, 3.63) is 16.6 Å². The molecule has 0 aliphatic heterocycles. The van der Waals surface area contributed by atoms with E-state index in [1.165, 1.54) is 6.08 Å². The van der Waals surface area contributed by atoms with E-state index in [1.807, 2.05) is 6.92 Å². The summed E-state index contributed by atoms with van der Waals surface area (Å²) in [5.74, 6) is -0.682. The lowest BCUT2D eigenvalue weighted by Crippen LogP contribution is -1.87. The highest BCUT2D eigenvalue weighted by atomic mass is 16.3. The number of unbranched alkanes of at least 4 members (excludes halogenated alkanes) is 1. The van der Waals surface area contributed by atoms with E-state index in [0.717, 1.165) is 24.8 Å². The molecule has 1 amide bonds. The number of hydrogen-bond acceptors (Lipinski definition) is 2. The molecule has 3 nitrogen and oxygen atoms in total. The monoisotopic (exact) mass is 155 g/mol. The number of carbonyl (C=O) groups is 1. The highest BCUT2D eigenvalue weighted by molar-refractivity contribution is 5.88. The van der Waals surface area contributed by atoms with Gasteiger partial charge in [0.2, 0.25) is 0 Å². The predicted octanol–water partition coefficient (Wildman–Crippen LogP) is 2.42. The lowest BCUT2D eigenvalue weighted by atomic mass is 10.1. The summed E-state index contributed by atoms with van der Waals surface area (Å²) in [6.45, 7) is 3.91. The van der Waals surface area contributed by atoms with Crippen LogP contribution in [0, 0.1) is 4.91 Å². The Hall–Kier alpha value is -0.990. The fourth-order valence-electron chi connectivity index (χ4n) is 0.765. The van der Waals surface area contributed by atoms with Gasteiger partial charge in [-0.2, -0.15) is 0 Å². The second-order valence-corrected chi connectivity index (χ2v) is 2.52. The molecule has 0 aliphatic rings. The van der Waals surface area contributed by atoms with Gasteiger partial charge in [0.15, 0.2) is 0 Å². The first-order valence-corrected chi connectivity index (χ1v) is 3.75. The minimum absolute atomic E-state index is 0.682. The first kappa shape index (κ1) is 10.0. The molecule has 11 heavy (non-hydrogen) atoms. The smallest absolute Gasteiger partial charge is 0.264 e. The molecule has 0 fully saturated rings. The van der Waals surface area contributed by atoms with Gasteiger partial charge < -0.3 is 0 Å². The third-order valence-corrected chi connectivity index (χ3v) is 1.38. The van der Waals surface area contributed by atoms with Gasteiger partial charge in [0.05, 0.1) is 0 Å². The van der Waals surface area contributed by atoms with E-state index >= 15 is 0 Å². The van der Waals surface area contributed by atoms with E-state index in [2.05, 4.69) is 12.1 Å². The largest absolute Gasteiger partial charge is 0.309 e. The topological polar surface area (TPSA) is 46.5 Å². The van der Waals surface area contributed by atoms with Gasteiger partial charge in [-0.3, -0.25) is 4.79 Å². The van der Waals surface area contributed by atoms with Crippen LogP contribution in [0.1, 0.15) is 33.1 Å². The molecule has 62 valence electrons. The summed E-state index contributed by atoms with van der Waals surface area (Å²) in [5, 5.41) is 2.27. The number of hydrogen-bond donors (Lipinski definition) is 0. The third kappa shape index (κ3) is 5.45. The van der Waals surface area contributed by atoms with E-state index in [4.69, 9.17) is 0 Å². The molecular formula is C8H13NO2. The Labute approximate surface area is 66.5 Å². The van der Waals surface area contributed by atoms with E-state index in [0.29, 0.717) is 0 Å². The van der Waals surface area contributed by atoms with Crippen LogP contribution >= 0.6 is 0 Å². The minimum atomic E-state index is -0.682. The molecule has 3 heteroatoms. The van der Waals surface area contributed by atoms with Crippen molar-refractivity contribution in [2.24, 2.45) is 5.18 Å². The van der Waals surface area contributed by atoms with E-state index < -0.39 is 5.91 Å². The minimum Gasteiger partial charge on any atom is -0.264 e. The maximum absolute atomic E-state index is 10.4. The molecule has 0 bridgehead atoms. The normalized spacial score (nSPS) is 11.3. The summed E-state index contributed by atoms with van der Waals surface area (Å²) in [6.07, 6.45) is 4.31. The summed E-state index contributed by atoms with van der Waals surface area (Å²) >= 11 is 0. The van der Waals surface area contributed by atoms with Crippen LogP contribution in [-0.4, -0.2) is 5.91 Å². The van der Waals surface area contributed by atoms with Crippen LogP contribution in [0.5, 0.6) is 0 Å². The molecule has 0 heterocycles. The first-order valence-electron chi connectivity index (χ1n) is 3.75. The molecule has 0 rings (SSSR count). The Morgan fingerprint density at radius 2 is 2.18 bits per heavy atom. The first-order chi connectivity index (χ1) is 5.20. The van der Waals surface area contributed by atoms with Gasteiger partial charge >= 0.3 is 5.91 Å². The van der Waals surface area contributed by atoms with Crippen molar-refractivity contribution in [2.45, 2.75) is 33.1 Å². The highest BCUT2D eigenvalue weighted by Gasteiger charge is 1.95. The summed E-state index contributed by atoms with van der Waals surface area (Å²) in [5.41, 5.74) is 0.927. The van der Waals surface area contributed by atoms with Crippen molar-refractivity contribution in [1.29, 1.82) is 0 Å². The van der Waals surface area contributed by atoms with Crippen LogP contribution < -0.4 is 0 Å². The zero-order chi connectivity index (χ0) is 8.69. The summed E-state index contributed by atoms with van der Waals surface area (Å²) in [4.78, 5) is 20.1. The number of nitroso groups, excluding NO2 is 1. The van der Waals surface area contributed by atoms with Crippen molar-refractivity contribution in [2.75, 3.05) is 0 Å². The van der Waals surface area contributed by atoms with Gasteiger partial charge in [-0.25, -0.2) is 0 Å². The van der Waals surface area contributed by atoms with Crippen LogP contribution in [0.2, 0.25) is 0 Å². The van der Waals surface area contributed by atoms with Crippen molar-refractivity contribution < 1.29 is 4.79 Å². The van der Waals surface area contributed by atoms with Gasteiger partial charge in [-0.05, 0) is 19.8 Å². The van der Waals surface area contributed by atoms with Crippen LogP contribution in [0.25, 0.3) is 0 Å². The van der Waals surface area contributed by atoms with Crippen molar-refractivity contribution in [3.8, 4) is 0 Å². The quantitative estimate of drug-likeness (QED) is 0.462. The van der Waals surface area contributed by atoms with Gasteiger partial charge in [0.25, 0.3) is 0 Å². The van der Waals surface area contributed by atoms with Crippen LogP contribution in [0.15, 0.2) is 16.8 Å². The molecule has 0 saturated heterocycles. The third-order valence-electron chi connectivity index (χ3n) is 1.38. The summed E-state index contributed by atoms with van der Waals surface area (Å²) in [7, 11) is 0. The molecule has 0 spiro atoms. The Bertz CT molecular complexity index is 173. The summed E-state index contributed by atoms with van der Waals surface area (Å²) in [6, 6.07) is 0. The summed E-state index contributed by atoms with van der Waals surface area (Å²) < 4.78 is 0. The van der Waals surface area contributed by atoms with Crippen LogP contribution in [0.4, 0.5) is 0 Å². The van der Waals surface area contributed by atoms with Gasteiger partial charge in [0.1, 0.15) is 0 Å².